The molecule has 0 saturated heterocycles. The van der Waals surface area contributed by atoms with E-state index in [1.807, 2.05) is 0 Å². The summed E-state index contributed by atoms with van der Waals surface area (Å²) in [6.07, 6.45) is 14.4. The minimum absolute atomic E-state index is 1.27. The number of rotatable bonds is 0. The molecule has 2 aliphatic rings. The molecule has 0 fully saturated rings. The molecule has 0 amide bonds. The predicted octanol–water partition coefficient (Wildman–Crippen LogP) is 2.98. The summed E-state index contributed by atoms with van der Waals surface area (Å²) in [6.45, 7) is 0. The van der Waals surface area contributed by atoms with Crippen molar-refractivity contribution in [1.29, 1.82) is 0 Å². The maximum absolute atomic E-state index is 2.35. The van der Waals surface area contributed by atoms with Crippen molar-refractivity contribution < 1.29 is 0 Å². The lowest BCUT2D eigenvalue weighted by Gasteiger charge is -2.15. The fourth-order valence-electron chi connectivity index (χ4n) is 1.45. The second kappa shape index (κ2) is 2.45. The van der Waals surface area contributed by atoms with Crippen molar-refractivity contribution in [2.24, 2.45) is 0 Å². The molecule has 0 N–H and O–H groups in total. The topological polar surface area (TPSA) is 0 Å². The molecule has 0 bridgehead atoms. The van der Waals surface area contributed by atoms with E-state index < -0.39 is 0 Å². The molecule has 52 valence electrons. The summed E-state index contributed by atoms with van der Waals surface area (Å²) in [5, 5.41) is 0. The SMILES string of the molecule is C1=CC2=C/CCCC/C=C1\2. The third-order valence-electron chi connectivity index (χ3n) is 2.16. The lowest BCUT2D eigenvalue weighted by Crippen LogP contribution is -1.95. The Kier molecular flexibility index (Phi) is 1.46. The molecule has 10 heavy (non-hydrogen) atoms. The highest BCUT2D eigenvalue weighted by Gasteiger charge is 2.07. The van der Waals surface area contributed by atoms with Gasteiger partial charge in [-0.15, -0.1) is 0 Å². The zero-order chi connectivity index (χ0) is 6.81. The van der Waals surface area contributed by atoms with Crippen LogP contribution in [0.2, 0.25) is 0 Å². The van der Waals surface area contributed by atoms with Crippen LogP contribution in [0.4, 0.5) is 0 Å². The van der Waals surface area contributed by atoms with Gasteiger partial charge in [-0.1, -0.05) is 24.3 Å². The Morgan fingerprint density at radius 1 is 0.800 bits per heavy atom. The molecule has 0 atom stereocenters. The van der Waals surface area contributed by atoms with Crippen molar-refractivity contribution in [2.75, 3.05) is 0 Å². The van der Waals surface area contributed by atoms with Crippen LogP contribution in [-0.4, -0.2) is 0 Å². The van der Waals surface area contributed by atoms with E-state index in [1.54, 1.807) is 0 Å². The average Bonchev–Trinajstić information content (AvgIpc) is 1.89. The molecular formula is C10H12. The van der Waals surface area contributed by atoms with E-state index in [1.165, 1.54) is 36.8 Å². The molecule has 0 aromatic rings. The molecule has 0 radical (unpaired) electrons. The maximum atomic E-state index is 2.35. The first-order chi connectivity index (χ1) is 4.97. The lowest BCUT2D eigenvalue weighted by atomic mass is 9.91. The molecule has 0 heterocycles. The van der Waals surface area contributed by atoms with Gasteiger partial charge in [0.15, 0.2) is 0 Å². The summed E-state index contributed by atoms with van der Waals surface area (Å²) in [6, 6.07) is 0. The smallest absolute Gasteiger partial charge is 0.0227 e. The van der Waals surface area contributed by atoms with Gasteiger partial charge in [-0.25, -0.2) is 0 Å². The van der Waals surface area contributed by atoms with Gasteiger partial charge >= 0.3 is 0 Å². The van der Waals surface area contributed by atoms with Crippen LogP contribution >= 0.6 is 0 Å². The predicted molar refractivity (Wildman–Crippen MR) is 43.8 cm³/mol. The molecule has 0 spiro atoms. The van der Waals surface area contributed by atoms with E-state index in [0.29, 0.717) is 0 Å². The second-order valence-corrected chi connectivity index (χ2v) is 2.94. The van der Waals surface area contributed by atoms with E-state index in [9.17, 15) is 0 Å². The summed E-state index contributed by atoms with van der Waals surface area (Å²) in [5.41, 5.74) is 2.94. The highest BCUT2D eigenvalue weighted by molar-refractivity contribution is 5.56. The minimum atomic E-state index is 1.27. The Hall–Kier alpha value is -0.780. The number of hydrogen-bond donors (Lipinski definition) is 0. The van der Waals surface area contributed by atoms with Crippen molar-refractivity contribution in [3.63, 3.8) is 0 Å². The largest absolute Gasteiger partial charge is 0.0767 e. The molecule has 0 aliphatic heterocycles. The first-order valence-electron chi connectivity index (χ1n) is 4.05. The molecule has 2 aliphatic carbocycles. The third kappa shape index (κ3) is 0.942. The Morgan fingerprint density at radius 2 is 1.30 bits per heavy atom. The monoisotopic (exact) mass is 132 g/mol. The highest BCUT2D eigenvalue weighted by Crippen LogP contribution is 2.27. The average molecular weight is 132 g/mol. The van der Waals surface area contributed by atoms with Crippen LogP contribution in [0.25, 0.3) is 0 Å². The van der Waals surface area contributed by atoms with Gasteiger partial charge in [-0.3, -0.25) is 0 Å². The van der Waals surface area contributed by atoms with Crippen molar-refractivity contribution >= 4 is 0 Å². The van der Waals surface area contributed by atoms with E-state index in [0.717, 1.165) is 0 Å². The zero-order valence-corrected chi connectivity index (χ0v) is 6.14. The van der Waals surface area contributed by atoms with Gasteiger partial charge in [-0.2, -0.15) is 0 Å². The lowest BCUT2D eigenvalue weighted by molar-refractivity contribution is 0.752. The van der Waals surface area contributed by atoms with Gasteiger partial charge in [-0.05, 0) is 36.8 Å². The molecule has 0 heteroatoms. The summed E-state index contributed by atoms with van der Waals surface area (Å²) in [7, 11) is 0. The van der Waals surface area contributed by atoms with Crippen LogP contribution < -0.4 is 0 Å². The van der Waals surface area contributed by atoms with Gasteiger partial charge < -0.3 is 0 Å². The zero-order valence-electron chi connectivity index (χ0n) is 6.14. The molecule has 0 saturated carbocycles. The molecule has 0 aromatic carbocycles. The summed E-state index contributed by atoms with van der Waals surface area (Å²) < 4.78 is 0. The molecule has 0 nitrogen and oxygen atoms in total. The van der Waals surface area contributed by atoms with Crippen LogP contribution in [0, 0.1) is 0 Å². The maximum Gasteiger partial charge on any atom is -0.0227 e. The summed E-state index contributed by atoms with van der Waals surface area (Å²) in [4.78, 5) is 0. The van der Waals surface area contributed by atoms with Crippen LogP contribution in [0.5, 0.6) is 0 Å². The molecule has 0 aromatic heterocycles. The molecular weight excluding hydrogens is 120 g/mol. The normalized spacial score (nSPS) is 33.6. The fourth-order valence-corrected chi connectivity index (χ4v) is 1.45. The van der Waals surface area contributed by atoms with Gasteiger partial charge in [0.05, 0.1) is 0 Å². The Labute approximate surface area is 61.9 Å². The van der Waals surface area contributed by atoms with E-state index in [-0.39, 0.29) is 0 Å². The van der Waals surface area contributed by atoms with E-state index >= 15 is 0 Å². The number of hydrogen-bond acceptors (Lipinski definition) is 0. The third-order valence-corrected chi connectivity index (χ3v) is 2.16. The first-order valence-corrected chi connectivity index (χ1v) is 4.05. The first kappa shape index (κ1) is 5.96. The molecule has 0 unspecified atom stereocenters. The molecule has 2 rings (SSSR count). The number of allylic oxidation sites excluding steroid dienone is 6. The second-order valence-electron chi connectivity index (χ2n) is 2.94. The summed E-state index contributed by atoms with van der Waals surface area (Å²) in [5.74, 6) is 0. The van der Waals surface area contributed by atoms with Crippen molar-refractivity contribution in [3.05, 3.63) is 35.5 Å². The van der Waals surface area contributed by atoms with Gasteiger partial charge in [0.2, 0.25) is 0 Å². The van der Waals surface area contributed by atoms with Crippen molar-refractivity contribution in [2.45, 2.75) is 25.7 Å². The Balaban J connectivity index is 2.23. The van der Waals surface area contributed by atoms with Crippen LogP contribution in [0.15, 0.2) is 35.5 Å². The van der Waals surface area contributed by atoms with Crippen LogP contribution in [0.1, 0.15) is 25.7 Å². The highest BCUT2D eigenvalue weighted by atomic mass is 14.1. The number of fused-ring (bicyclic) bond motifs is 1. The minimum Gasteiger partial charge on any atom is -0.0767 e. The van der Waals surface area contributed by atoms with Crippen molar-refractivity contribution in [1.82, 2.24) is 0 Å². The summed E-state index contributed by atoms with van der Waals surface area (Å²) >= 11 is 0. The Morgan fingerprint density at radius 3 is 1.70 bits per heavy atom. The fraction of sp³-hybridized carbons (Fsp3) is 0.400. The van der Waals surface area contributed by atoms with Gasteiger partial charge in [0.1, 0.15) is 0 Å². The van der Waals surface area contributed by atoms with Crippen LogP contribution in [-0.2, 0) is 0 Å². The van der Waals surface area contributed by atoms with Crippen LogP contribution in [0.3, 0.4) is 0 Å². The quantitative estimate of drug-likeness (QED) is 0.475. The van der Waals surface area contributed by atoms with Gasteiger partial charge in [0.25, 0.3) is 0 Å². The van der Waals surface area contributed by atoms with E-state index in [4.69, 9.17) is 0 Å². The Bertz CT molecular complexity index is 192. The van der Waals surface area contributed by atoms with Gasteiger partial charge in [0, 0.05) is 0 Å². The van der Waals surface area contributed by atoms with Crippen molar-refractivity contribution in [3.8, 4) is 0 Å². The van der Waals surface area contributed by atoms with E-state index in [2.05, 4.69) is 24.3 Å². The standard InChI is InChI=1S/C10H12/c1-2-4-6-10-8-7-9(10)5-3-1/h5-8H,1-4H2/b9-5-,10-6-.